The molecular weight excluding hydrogens is 160 g/mol. The molecule has 4 nitrogen and oxygen atoms in total. The number of unbranched alkanes of at least 4 members (excludes halogenated alkanes) is 1. The van der Waals surface area contributed by atoms with Gasteiger partial charge < -0.3 is 9.47 Å². The Morgan fingerprint density at radius 3 is 2.58 bits per heavy atom. The minimum atomic E-state index is -0.196. The van der Waals surface area contributed by atoms with Crippen LogP contribution >= 0.6 is 0 Å². The summed E-state index contributed by atoms with van der Waals surface area (Å²) in [7, 11) is 0. The lowest BCUT2D eigenvalue weighted by Crippen LogP contribution is -2.04. The van der Waals surface area contributed by atoms with Gasteiger partial charge in [0, 0.05) is 6.42 Å². The molecule has 0 heterocycles. The van der Waals surface area contributed by atoms with Gasteiger partial charge in [0.25, 0.3) is 0 Å². The van der Waals surface area contributed by atoms with Gasteiger partial charge in [-0.15, -0.1) is 0 Å². The van der Waals surface area contributed by atoms with E-state index in [2.05, 4.69) is 4.74 Å². The maximum absolute atomic E-state index is 10.6. The minimum Gasteiger partial charge on any atom is -0.466 e. The van der Waals surface area contributed by atoms with Gasteiger partial charge in [-0.25, -0.2) is 4.79 Å². The molecule has 0 saturated carbocycles. The lowest BCUT2D eigenvalue weighted by Gasteiger charge is -2.01. The second-order valence-corrected chi connectivity index (χ2v) is 2.21. The highest BCUT2D eigenvalue weighted by Crippen LogP contribution is 1.92. The zero-order valence-corrected chi connectivity index (χ0v) is 7.17. The molecule has 0 aromatic carbocycles. The zero-order chi connectivity index (χ0) is 9.23. The number of hydrogen-bond acceptors (Lipinski definition) is 4. The minimum absolute atomic E-state index is 0.196. The van der Waals surface area contributed by atoms with Crippen LogP contribution in [0.2, 0.25) is 0 Å². The Bertz CT molecular complexity index is 133. The molecule has 0 unspecified atom stereocenters. The maximum Gasteiger partial charge on any atom is 0.417 e. The van der Waals surface area contributed by atoms with Crippen molar-refractivity contribution in [2.45, 2.75) is 26.2 Å². The summed E-state index contributed by atoms with van der Waals surface area (Å²) >= 11 is 0. The van der Waals surface area contributed by atoms with Crippen LogP contribution in [0.15, 0.2) is 0 Å². The lowest BCUT2D eigenvalue weighted by molar-refractivity contribution is -0.143. The van der Waals surface area contributed by atoms with Crippen LogP contribution in [0.1, 0.15) is 26.2 Å². The molecule has 69 valence electrons. The first-order valence-electron chi connectivity index (χ1n) is 3.95. The summed E-state index contributed by atoms with van der Waals surface area (Å²) in [5, 5.41) is 0. The normalized spacial score (nSPS) is 9.08. The zero-order valence-electron chi connectivity index (χ0n) is 7.17. The largest absolute Gasteiger partial charge is 0.466 e. The molecule has 0 aliphatic rings. The van der Waals surface area contributed by atoms with Crippen molar-refractivity contribution in [1.82, 2.24) is 0 Å². The first-order chi connectivity index (χ1) is 5.81. The Kier molecular flexibility index (Phi) is 7.33. The number of ether oxygens (including phenoxy) is 2. The van der Waals surface area contributed by atoms with Crippen LogP contribution in [0.5, 0.6) is 0 Å². The van der Waals surface area contributed by atoms with E-state index >= 15 is 0 Å². The van der Waals surface area contributed by atoms with Crippen LogP contribution in [0, 0.1) is 0 Å². The average molecular weight is 173 g/mol. The van der Waals surface area contributed by atoms with E-state index in [0.29, 0.717) is 32.5 Å². The average Bonchev–Trinajstić information content (AvgIpc) is 2.10. The highest BCUT2D eigenvalue weighted by molar-refractivity contribution is 5.68. The summed E-state index contributed by atoms with van der Waals surface area (Å²) in [6.45, 7) is 3.80. The summed E-state index contributed by atoms with van der Waals surface area (Å²) in [4.78, 5) is 20.1. The molecule has 0 aromatic rings. The van der Waals surface area contributed by atoms with Gasteiger partial charge in [0.15, 0.2) is 0 Å². The third-order valence-corrected chi connectivity index (χ3v) is 1.25. The molecule has 0 rings (SSSR count). The molecule has 0 bridgehead atoms. The smallest absolute Gasteiger partial charge is 0.417 e. The topological polar surface area (TPSA) is 52.6 Å². The number of rotatable bonds is 7. The van der Waals surface area contributed by atoms with Crippen molar-refractivity contribution in [3.05, 3.63) is 0 Å². The Morgan fingerprint density at radius 1 is 1.33 bits per heavy atom. The van der Waals surface area contributed by atoms with E-state index in [1.54, 1.807) is 6.92 Å². The Hall–Kier alpha value is -1.06. The fourth-order valence-electron chi connectivity index (χ4n) is 0.606. The summed E-state index contributed by atoms with van der Waals surface area (Å²) in [5.41, 5.74) is 0. The maximum atomic E-state index is 10.6. The van der Waals surface area contributed by atoms with E-state index in [1.807, 2.05) is 0 Å². The van der Waals surface area contributed by atoms with Crippen molar-refractivity contribution < 1.29 is 19.1 Å². The van der Waals surface area contributed by atoms with E-state index in [0.717, 1.165) is 0 Å². The van der Waals surface area contributed by atoms with Crippen molar-refractivity contribution in [3.8, 4) is 0 Å². The molecule has 0 spiro atoms. The highest BCUT2D eigenvalue weighted by Gasteiger charge is 1.96. The number of esters is 1. The highest BCUT2D eigenvalue weighted by atomic mass is 16.5. The Balaban J connectivity index is 3.00. The molecule has 12 heavy (non-hydrogen) atoms. The van der Waals surface area contributed by atoms with Gasteiger partial charge in [-0.1, -0.05) is 6.92 Å². The number of hydrogen-bond donors (Lipinski definition) is 0. The van der Waals surface area contributed by atoms with E-state index in [1.165, 1.54) is 6.47 Å². The van der Waals surface area contributed by atoms with Crippen molar-refractivity contribution in [2.24, 2.45) is 0 Å². The Labute approximate surface area is 71.8 Å². The van der Waals surface area contributed by atoms with E-state index in [9.17, 15) is 9.59 Å². The lowest BCUT2D eigenvalue weighted by atomic mass is 10.3. The van der Waals surface area contributed by atoms with Gasteiger partial charge in [0.2, 0.25) is 0 Å². The summed E-state index contributed by atoms with van der Waals surface area (Å²) in [5.74, 6) is -0.196. The van der Waals surface area contributed by atoms with Crippen LogP contribution in [0.4, 0.5) is 0 Å². The molecule has 4 heteroatoms. The van der Waals surface area contributed by atoms with Crippen LogP contribution in [-0.4, -0.2) is 25.7 Å². The second kappa shape index (κ2) is 8.04. The molecule has 0 aliphatic carbocycles. The molecule has 0 atom stereocenters. The van der Waals surface area contributed by atoms with E-state index in [4.69, 9.17) is 4.74 Å². The van der Waals surface area contributed by atoms with Gasteiger partial charge in [-0.3, -0.25) is 4.79 Å². The number of carbonyl (C=O) groups excluding carboxylic acids is 2. The van der Waals surface area contributed by atoms with Gasteiger partial charge in [-0.2, -0.15) is 0 Å². The summed E-state index contributed by atoms with van der Waals surface area (Å²) in [6, 6.07) is 0. The molecular formula is C8H13O4. The molecule has 0 fully saturated rings. The van der Waals surface area contributed by atoms with Crippen molar-refractivity contribution in [3.63, 3.8) is 0 Å². The standard InChI is InChI=1S/C8H13O4/c1-2-8(10)12-6-4-3-5-11-7-9/h2-6H2,1H3. The van der Waals surface area contributed by atoms with Gasteiger partial charge in [0.05, 0.1) is 13.2 Å². The first kappa shape index (κ1) is 10.9. The van der Waals surface area contributed by atoms with Crippen molar-refractivity contribution in [2.75, 3.05) is 13.2 Å². The van der Waals surface area contributed by atoms with Crippen LogP contribution in [0.3, 0.4) is 0 Å². The summed E-state index contributed by atoms with van der Waals surface area (Å²) in [6.07, 6.45) is 1.82. The predicted molar refractivity (Wildman–Crippen MR) is 42.1 cm³/mol. The molecule has 0 saturated heterocycles. The third-order valence-electron chi connectivity index (χ3n) is 1.25. The van der Waals surface area contributed by atoms with Gasteiger partial charge >= 0.3 is 12.4 Å². The SMILES string of the molecule is CCC(=O)OCCCCO[C]=O. The van der Waals surface area contributed by atoms with E-state index < -0.39 is 0 Å². The fourth-order valence-corrected chi connectivity index (χ4v) is 0.606. The van der Waals surface area contributed by atoms with E-state index in [-0.39, 0.29) is 5.97 Å². The molecule has 1 radical (unpaired) electrons. The first-order valence-corrected chi connectivity index (χ1v) is 3.95. The molecule has 0 aromatic heterocycles. The predicted octanol–water partition coefficient (Wildman–Crippen LogP) is 0.804. The van der Waals surface area contributed by atoms with Gasteiger partial charge in [-0.05, 0) is 12.8 Å². The quantitative estimate of drug-likeness (QED) is 0.422. The van der Waals surface area contributed by atoms with Crippen LogP contribution in [-0.2, 0) is 19.1 Å². The van der Waals surface area contributed by atoms with Crippen molar-refractivity contribution in [1.29, 1.82) is 0 Å². The summed E-state index contributed by atoms with van der Waals surface area (Å²) < 4.78 is 9.10. The van der Waals surface area contributed by atoms with Crippen LogP contribution < -0.4 is 0 Å². The fraction of sp³-hybridized carbons (Fsp3) is 0.750. The van der Waals surface area contributed by atoms with Gasteiger partial charge in [0.1, 0.15) is 0 Å². The molecule has 0 N–H and O–H groups in total. The Morgan fingerprint density at radius 2 is 2.00 bits per heavy atom. The number of carbonyl (C=O) groups is 1. The third kappa shape index (κ3) is 7.05. The molecule has 0 amide bonds. The monoisotopic (exact) mass is 173 g/mol. The molecule has 0 aliphatic heterocycles. The van der Waals surface area contributed by atoms with Crippen LogP contribution in [0.25, 0.3) is 0 Å². The van der Waals surface area contributed by atoms with Crippen molar-refractivity contribution >= 4 is 12.4 Å². The second-order valence-electron chi connectivity index (χ2n) is 2.21.